The topological polar surface area (TPSA) is 87.7 Å². The fourth-order valence-corrected chi connectivity index (χ4v) is 3.72. The number of alkyl carbamates (subject to hydrolysis) is 1. The number of nitrogens with zero attached hydrogens (tertiary/aromatic N) is 1. The third-order valence-corrected chi connectivity index (χ3v) is 5.10. The second-order valence-electron chi connectivity index (χ2n) is 10.9. The van der Waals surface area contributed by atoms with E-state index in [0.29, 0.717) is 6.54 Å². The van der Waals surface area contributed by atoms with Crippen LogP contribution in [0.5, 0.6) is 0 Å². The molecular formula is C26H43N3O4. The highest BCUT2D eigenvalue weighted by atomic mass is 16.6. The van der Waals surface area contributed by atoms with E-state index in [1.807, 2.05) is 73.6 Å². The Labute approximate surface area is 199 Å². The summed E-state index contributed by atoms with van der Waals surface area (Å²) in [7, 11) is 0. The van der Waals surface area contributed by atoms with Crippen LogP contribution in [0.15, 0.2) is 18.2 Å². The molecule has 0 radical (unpaired) electrons. The minimum atomic E-state index is -0.839. The van der Waals surface area contributed by atoms with Crippen LogP contribution in [0.3, 0.4) is 0 Å². The molecule has 1 aromatic carbocycles. The van der Waals surface area contributed by atoms with E-state index >= 15 is 0 Å². The molecule has 0 aliphatic carbocycles. The maximum absolute atomic E-state index is 13.8. The Kier molecular flexibility index (Phi) is 9.52. The van der Waals surface area contributed by atoms with Crippen molar-refractivity contribution in [2.75, 3.05) is 6.54 Å². The van der Waals surface area contributed by atoms with E-state index < -0.39 is 29.3 Å². The lowest BCUT2D eigenvalue weighted by molar-refractivity contribution is -0.143. The van der Waals surface area contributed by atoms with Crippen molar-refractivity contribution in [2.24, 2.45) is 5.92 Å². The van der Waals surface area contributed by atoms with E-state index in [2.05, 4.69) is 10.6 Å². The molecule has 7 nitrogen and oxygen atoms in total. The van der Waals surface area contributed by atoms with Crippen LogP contribution in [0.25, 0.3) is 0 Å². The Morgan fingerprint density at radius 2 is 1.52 bits per heavy atom. The highest BCUT2D eigenvalue weighted by molar-refractivity contribution is 5.93. The summed E-state index contributed by atoms with van der Waals surface area (Å²) in [4.78, 5) is 41.4. The maximum Gasteiger partial charge on any atom is 0.408 e. The lowest BCUT2D eigenvalue weighted by Gasteiger charge is -2.37. The summed E-state index contributed by atoms with van der Waals surface area (Å²) >= 11 is 0. The quantitative estimate of drug-likeness (QED) is 0.618. The molecule has 0 saturated carbocycles. The largest absolute Gasteiger partial charge is 0.444 e. The molecule has 0 aliphatic heterocycles. The minimum Gasteiger partial charge on any atom is -0.444 e. The summed E-state index contributed by atoms with van der Waals surface area (Å²) in [6.45, 7) is 20.8. The van der Waals surface area contributed by atoms with Gasteiger partial charge in [-0.15, -0.1) is 0 Å². The van der Waals surface area contributed by atoms with E-state index in [-0.39, 0.29) is 17.7 Å². The van der Waals surface area contributed by atoms with Gasteiger partial charge in [-0.05, 0) is 84.9 Å². The smallest absolute Gasteiger partial charge is 0.408 e. The average molecular weight is 462 g/mol. The zero-order chi connectivity index (χ0) is 25.7. The van der Waals surface area contributed by atoms with Crippen LogP contribution < -0.4 is 10.6 Å². The van der Waals surface area contributed by atoms with Crippen LogP contribution in [0.1, 0.15) is 85.0 Å². The highest BCUT2D eigenvalue weighted by Gasteiger charge is 2.38. The first-order chi connectivity index (χ1) is 15.0. The second kappa shape index (κ2) is 11.0. The molecule has 0 fully saturated rings. The van der Waals surface area contributed by atoms with Crippen molar-refractivity contribution < 1.29 is 19.1 Å². The summed E-state index contributed by atoms with van der Waals surface area (Å²) in [6, 6.07) is 4.15. The Balaban J connectivity index is 3.48. The number of aryl methyl sites for hydroxylation is 2. The van der Waals surface area contributed by atoms with Crippen molar-refractivity contribution in [1.29, 1.82) is 0 Å². The molecule has 3 amide bonds. The molecule has 33 heavy (non-hydrogen) atoms. The van der Waals surface area contributed by atoms with Crippen molar-refractivity contribution in [3.63, 3.8) is 0 Å². The number of nitrogens with one attached hydrogen (secondary N) is 2. The van der Waals surface area contributed by atoms with Crippen molar-refractivity contribution in [3.8, 4) is 0 Å². The van der Waals surface area contributed by atoms with Gasteiger partial charge in [0.25, 0.3) is 0 Å². The Morgan fingerprint density at radius 1 is 1.00 bits per heavy atom. The van der Waals surface area contributed by atoms with Crippen LogP contribution in [0, 0.1) is 19.8 Å². The average Bonchev–Trinajstić information content (AvgIpc) is 2.61. The fourth-order valence-electron chi connectivity index (χ4n) is 3.72. The predicted octanol–water partition coefficient (Wildman–Crippen LogP) is 4.66. The zero-order valence-electron chi connectivity index (χ0n) is 22.3. The van der Waals surface area contributed by atoms with E-state index in [0.717, 1.165) is 16.7 Å². The molecule has 0 spiro atoms. The molecule has 0 aliphatic rings. The van der Waals surface area contributed by atoms with Crippen LogP contribution in [-0.2, 0) is 14.3 Å². The zero-order valence-corrected chi connectivity index (χ0v) is 22.3. The number of carbonyl (C=O) groups is 3. The molecule has 0 aromatic heterocycles. The van der Waals surface area contributed by atoms with E-state index in [1.54, 1.807) is 25.7 Å². The summed E-state index contributed by atoms with van der Waals surface area (Å²) < 4.78 is 5.38. The number of benzene rings is 1. The van der Waals surface area contributed by atoms with Gasteiger partial charge < -0.3 is 20.3 Å². The van der Waals surface area contributed by atoms with Gasteiger partial charge in [0.1, 0.15) is 17.7 Å². The predicted molar refractivity (Wildman–Crippen MR) is 132 cm³/mol. The third kappa shape index (κ3) is 8.37. The number of amides is 3. The van der Waals surface area contributed by atoms with Crippen LogP contribution in [0.2, 0.25) is 0 Å². The Hall–Kier alpha value is -2.57. The van der Waals surface area contributed by atoms with Crippen LogP contribution >= 0.6 is 0 Å². The number of hydrogen-bond donors (Lipinski definition) is 2. The monoisotopic (exact) mass is 461 g/mol. The third-order valence-electron chi connectivity index (χ3n) is 5.10. The van der Waals surface area contributed by atoms with Gasteiger partial charge in [-0.2, -0.15) is 0 Å². The summed E-state index contributed by atoms with van der Waals surface area (Å²) in [5.41, 5.74) is 1.50. The molecule has 0 heterocycles. The molecule has 2 unspecified atom stereocenters. The van der Waals surface area contributed by atoms with Crippen LogP contribution in [-0.4, -0.2) is 46.5 Å². The molecule has 2 N–H and O–H groups in total. The number of carbonyl (C=O) groups excluding carboxylic acids is 3. The van der Waals surface area contributed by atoms with Gasteiger partial charge in [-0.3, -0.25) is 9.59 Å². The lowest BCUT2D eigenvalue weighted by Crippen LogP contribution is -2.56. The van der Waals surface area contributed by atoms with Gasteiger partial charge in [0, 0.05) is 12.1 Å². The van der Waals surface area contributed by atoms with Gasteiger partial charge in [-0.1, -0.05) is 32.0 Å². The van der Waals surface area contributed by atoms with Crippen molar-refractivity contribution in [3.05, 3.63) is 34.9 Å². The van der Waals surface area contributed by atoms with Crippen molar-refractivity contribution in [2.45, 2.75) is 99.4 Å². The first-order valence-electron chi connectivity index (χ1n) is 11.7. The molecule has 0 bridgehead atoms. The normalized spacial score (nSPS) is 13.8. The van der Waals surface area contributed by atoms with Crippen molar-refractivity contribution >= 4 is 17.9 Å². The standard InChI is InChI=1S/C26H43N3O4/c1-12-29(23(31)20(16(2)3)27-24(32)33-26(9,10)11)21(22(30)28-25(6,7)8)19-17(4)14-13-15-18(19)5/h13-16,20-21H,12H2,1-11H3,(H,27,32)(H,28,30). The molecule has 0 saturated heterocycles. The van der Waals surface area contributed by atoms with Crippen molar-refractivity contribution in [1.82, 2.24) is 15.5 Å². The van der Waals surface area contributed by atoms with Gasteiger partial charge in [0.15, 0.2) is 0 Å². The van der Waals surface area contributed by atoms with E-state index in [1.165, 1.54) is 0 Å². The number of ether oxygens (including phenoxy) is 1. The first-order valence-corrected chi connectivity index (χ1v) is 11.7. The first kappa shape index (κ1) is 28.5. The lowest BCUT2D eigenvalue weighted by atomic mass is 9.92. The minimum absolute atomic E-state index is 0.205. The van der Waals surface area contributed by atoms with Gasteiger partial charge in [-0.25, -0.2) is 4.79 Å². The summed E-state index contributed by atoms with van der Waals surface area (Å²) in [5, 5.41) is 5.76. The molecule has 1 aromatic rings. The van der Waals surface area contributed by atoms with Gasteiger partial charge >= 0.3 is 6.09 Å². The fraction of sp³-hybridized carbons (Fsp3) is 0.654. The summed E-state index contributed by atoms with van der Waals surface area (Å²) in [6.07, 6.45) is -0.659. The molecular weight excluding hydrogens is 418 g/mol. The Bertz CT molecular complexity index is 830. The number of likely N-dealkylation sites (N-methyl/N-ethyl adjacent to an activating group) is 1. The van der Waals surface area contributed by atoms with Crippen LogP contribution in [0.4, 0.5) is 4.79 Å². The summed E-state index contributed by atoms with van der Waals surface area (Å²) in [5.74, 6) is -0.784. The van der Waals surface area contributed by atoms with E-state index in [9.17, 15) is 14.4 Å². The second-order valence-corrected chi connectivity index (χ2v) is 10.9. The van der Waals surface area contributed by atoms with Gasteiger partial charge in [0.05, 0.1) is 0 Å². The van der Waals surface area contributed by atoms with E-state index in [4.69, 9.17) is 4.74 Å². The SMILES string of the molecule is CCN(C(=O)C(NC(=O)OC(C)(C)C)C(C)C)C(C(=O)NC(C)(C)C)c1c(C)cccc1C. The molecule has 7 heteroatoms. The number of hydrogen-bond acceptors (Lipinski definition) is 4. The Morgan fingerprint density at radius 3 is 1.91 bits per heavy atom. The molecule has 1 rings (SSSR count). The van der Waals surface area contributed by atoms with Gasteiger partial charge in [0.2, 0.25) is 11.8 Å². The maximum atomic E-state index is 13.8. The molecule has 2 atom stereocenters. The highest BCUT2D eigenvalue weighted by Crippen LogP contribution is 2.29. The molecule has 186 valence electrons. The number of rotatable bonds is 7.